The fraction of sp³-hybridized carbons (Fsp3) is 1.00. The van der Waals surface area contributed by atoms with Crippen molar-refractivity contribution in [1.82, 2.24) is 4.90 Å². The first-order chi connectivity index (χ1) is 8.19. The maximum absolute atomic E-state index is 9.63. The third-order valence-corrected chi connectivity index (χ3v) is 5.56. The van der Waals surface area contributed by atoms with Gasteiger partial charge in [-0.15, -0.1) is 0 Å². The van der Waals surface area contributed by atoms with Crippen molar-refractivity contribution in [3.05, 3.63) is 0 Å². The van der Waals surface area contributed by atoms with E-state index >= 15 is 0 Å². The molecule has 3 fully saturated rings. The van der Waals surface area contributed by atoms with Gasteiger partial charge in [-0.1, -0.05) is 0 Å². The van der Waals surface area contributed by atoms with E-state index in [1.807, 2.05) is 11.8 Å². The summed E-state index contributed by atoms with van der Waals surface area (Å²) in [7, 11) is 0. The second kappa shape index (κ2) is 4.70. The molecule has 0 radical (unpaired) electrons. The summed E-state index contributed by atoms with van der Waals surface area (Å²) in [4.78, 5) is 2.25. The molecule has 0 bridgehead atoms. The van der Waals surface area contributed by atoms with Crippen LogP contribution in [0.1, 0.15) is 19.3 Å². The number of hydrogen-bond donors (Lipinski definition) is 2. The summed E-state index contributed by atoms with van der Waals surface area (Å²) in [5.41, 5.74) is 0.0894. The molecule has 3 rings (SSSR count). The highest BCUT2D eigenvalue weighted by molar-refractivity contribution is 7.99. The van der Waals surface area contributed by atoms with E-state index in [9.17, 15) is 10.2 Å². The monoisotopic (exact) mass is 259 g/mol. The van der Waals surface area contributed by atoms with Crippen LogP contribution < -0.4 is 0 Å². The molecule has 4 unspecified atom stereocenters. The second-order valence-electron chi connectivity index (χ2n) is 5.57. The third-order valence-electron chi connectivity index (χ3n) is 4.34. The smallest absolute Gasteiger partial charge is 0.0938 e. The summed E-state index contributed by atoms with van der Waals surface area (Å²) >= 11 is 1.98. The van der Waals surface area contributed by atoms with Crippen molar-refractivity contribution in [2.24, 2.45) is 0 Å². The Kier molecular flexibility index (Phi) is 3.38. The highest BCUT2D eigenvalue weighted by atomic mass is 32.2. The average Bonchev–Trinajstić information content (AvgIpc) is 2.88. The van der Waals surface area contributed by atoms with Gasteiger partial charge < -0.3 is 14.9 Å². The number of aliphatic hydroxyl groups is 2. The van der Waals surface area contributed by atoms with Crippen molar-refractivity contribution in [1.29, 1.82) is 0 Å². The average molecular weight is 259 g/mol. The molecule has 5 heteroatoms. The maximum atomic E-state index is 9.63. The molecule has 1 spiro atoms. The van der Waals surface area contributed by atoms with Crippen LogP contribution in [0, 0.1) is 0 Å². The van der Waals surface area contributed by atoms with E-state index in [2.05, 4.69) is 4.90 Å². The molecule has 3 heterocycles. The van der Waals surface area contributed by atoms with E-state index in [1.165, 1.54) is 5.75 Å². The quantitative estimate of drug-likeness (QED) is 0.698. The maximum Gasteiger partial charge on any atom is 0.0938 e. The molecule has 4 atom stereocenters. The molecule has 17 heavy (non-hydrogen) atoms. The van der Waals surface area contributed by atoms with Crippen LogP contribution in [-0.4, -0.2) is 70.2 Å². The van der Waals surface area contributed by atoms with Gasteiger partial charge in [-0.2, -0.15) is 11.8 Å². The van der Waals surface area contributed by atoms with Crippen LogP contribution in [-0.2, 0) is 4.74 Å². The molecule has 3 aliphatic heterocycles. The van der Waals surface area contributed by atoms with Gasteiger partial charge in [0.05, 0.1) is 17.8 Å². The molecule has 3 aliphatic rings. The van der Waals surface area contributed by atoms with Gasteiger partial charge in [-0.05, 0) is 25.0 Å². The number of likely N-dealkylation sites (tertiary alicyclic amines) is 1. The molecule has 4 nitrogen and oxygen atoms in total. The highest BCUT2D eigenvalue weighted by Gasteiger charge is 2.44. The first kappa shape index (κ1) is 12.2. The van der Waals surface area contributed by atoms with Gasteiger partial charge in [0.25, 0.3) is 0 Å². The Balaban J connectivity index is 1.64. The molecule has 0 aromatic rings. The lowest BCUT2D eigenvalue weighted by molar-refractivity contribution is -0.0881. The van der Waals surface area contributed by atoms with E-state index in [4.69, 9.17) is 4.74 Å². The minimum atomic E-state index is -0.563. The lowest BCUT2D eigenvalue weighted by Crippen LogP contribution is -2.48. The fourth-order valence-electron chi connectivity index (χ4n) is 3.27. The molecule has 0 aliphatic carbocycles. The molecule has 0 aromatic carbocycles. The molecule has 98 valence electrons. The molecule has 2 N–H and O–H groups in total. The summed E-state index contributed by atoms with van der Waals surface area (Å²) in [5, 5.41) is 19.3. The van der Waals surface area contributed by atoms with Gasteiger partial charge in [0, 0.05) is 31.5 Å². The number of hydrogen-bond acceptors (Lipinski definition) is 5. The zero-order valence-electron chi connectivity index (χ0n) is 10.0. The summed E-state index contributed by atoms with van der Waals surface area (Å²) in [5.74, 6) is 2.32. The molecule has 0 aromatic heterocycles. The number of aliphatic hydroxyl groups excluding tert-OH is 2. The number of β-amino-alcohol motifs (C(OH)–C–C–N with tert-alkyl or cyclic N) is 2. The summed E-state index contributed by atoms with van der Waals surface area (Å²) in [6.45, 7) is 2.07. The summed E-state index contributed by atoms with van der Waals surface area (Å²) in [6, 6.07) is 0.481. The van der Waals surface area contributed by atoms with E-state index < -0.39 is 12.2 Å². The van der Waals surface area contributed by atoms with Gasteiger partial charge in [0.2, 0.25) is 0 Å². The molecule has 0 amide bonds. The van der Waals surface area contributed by atoms with Crippen LogP contribution in [0.3, 0.4) is 0 Å². The van der Waals surface area contributed by atoms with Crippen molar-refractivity contribution in [2.45, 2.75) is 43.1 Å². The fourth-order valence-corrected chi connectivity index (χ4v) is 4.65. The minimum Gasteiger partial charge on any atom is -0.389 e. The van der Waals surface area contributed by atoms with Crippen molar-refractivity contribution < 1.29 is 14.9 Å². The van der Waals surface area contributed by atoms with Crippen LogP contribution in [0.25, 0.3) is 0 Å². The van der Waals surface area contributed by atoms with Gasteiger partial charge >= 0.3 is 0 Å². The third kappa shape index (κ3) is 2.36. The Morgan fingerprint density at radius 1 is 1.24 bits per heavy atom. The van der Waals surface area contributed by atoms with Crippen LogP contribution in [0.5, 0.6) is 0 Å². The van der Waals surface area contributed by atoms with Crippen LogP contribution in [0.4, 0.5) is 0 Å². The predicted molar refractivity (Wildman–Crippen MR) is 67.2 cm³/mol. The van der Waals surface area contributed by atoms with Crippen molar-refractivity contribution in [2.75, 3.05) is 31.2 Å². The summed E-state index contributed by atoms with van der Waals surface area (Å²) < 4.78 is 6.00. The van der Waals surface area contributed by atoms with Crippen molar-refractivity contribution in [3.63, 3.8) is 0 Å². The van der Waals surface area contributed by atoms with Crippen LogP contribution >= 0.6 is 11.8 Å². The van der Waals surface area contributed by atoms with Crippen molar-refractivity contribution in [3.8, 4) is 0 Å². The Hall–Kier alpha value is 0.190. The van der Waals surface area contributed by atoms with Gasteiger partial charge in [0.1, 0.15) is 0 Å². The normalized spacial score (nSPS) is 48.0. The van der Waals surface area contributed by atoms with Gasteiger partial charge in [-0.25, -0.2) is 0 Å². The SMILES string of the molecule is OC1CN(C2CCOC3(CCSC3)C2)CC1O. The number of nitrogens with zero attached hydrogens (tertiary/aromatic N) is 1. The standard InChI is InChI=1S/C12H21NO3S/c14-10-6-13(7-11(10)15)9-1-3-16-12(5-9)2-4-17-8-12/h9-11,14-15H,1-8H2. The largest absolute Gasteiger partial charge is 0.389 e. The van der Waals surface area contributed by atoms with E-state index in [1.54, 1.807) is 0 Å². The predicted octanol–water partition coefficient (Wildman–Crippen LogP) is 0.0785. The Labute approximate surface area is 106 Å². The lowest BCUT2D eigenvalue weighted by atomic mass is 9.89. The molecule has 3 saturated heterocycles. The highest BCUT2D eigenvalue weighted by Crippen LogP contribution is 2.40. The first-order valence-electron chi connectivity index (χ1n) is 6.50. The Bertz CT molecular complexity index is 273. The zero-order valence-corrected chi connectivity index (χ0v) is 10.9. The minimum absolute atomic E-state index is 0.0894. The lowest BCUT2D eigenvalue weighted by Gasteiger charge is -2.41. The number of thioether (sulfide) groups is 1. The molecular weight excluding hydrogens is 238 g/mol. The van der Waals surface area contributed by atoms with Gasteiger partial charge in [0.15, 0.2) is 0 Å². The molecular formula is C12H21NO3S. The number of rotatable bonds is 1. The van der Waals surface area contributed by atoms with Crippen LogP contribution in [0.2, 0.25) is 0 Å². The topological polar surface area (TPSA) is 52.9 Å². The molecule has 0 saturated carbocycles. The van der Waals surface area contributed by atoms with E-state index in [0.29, 0.717) is 19.1 Å². The second-order valence-corrected chi connectivity index (χ2v) is 6.67. The Morgan fingerprint density at radius 2 is 2.00 bits per heavy atom. The van der Waals surface area contributed by atoms with Crippen LogP contribution in [0.15, 0.2) is 0 Å². The van der Waals surface area contributed by atoms with E-state index in [0.717, 1.165) is 31.6 Å². The Morgan fingerprint density at radius 3 is 2.65 bits per heavy atom. The zero-order chi connectivity index (χ0) is 11.9. The number of ether oxygens (including phenoxy) is 1. The summed E-state index contributed by atoms with van der Waals surface area (Å²) in [6.07, 6.45) is 2.14. The van der Waals surface area contributed by atoms with Crippen molar-refractivity contribution >= 4 is 11.8 Å². The van der Waals surface area contributed by atoms with E-state index in [-0.39, 0.29) is 5.60 Å². The first-order valence-corrected chi connectivity index (χ1v) is 7.66. The van der Waals surface area contributed by atoms with Gasteiger partial charge in [-0.3, -0.25) is 4.90 Å².